The van der Waals surface area contributed by atoms with Crippen LogP contribution < -0.4 is 10.5 Å². The molecule has 6 nitrogen and oxygen atoms in total. The maximum absolute atomic E-state index is 12.3. The number of hydrogen-bond acceptors (Lipinski definition) is 5. The number of carbonyl (C=O) groups excluding carboxylic acids is 1. The molecule has 0 spiro atoms. The highest BCUT2D eigenvalue weighted by molar-refractivity contribution is 5.69. The standard InChI is InChI=1S/C13H21N3O3/c1-13(2,3)16-9-7-14-11(12(16)18)15(4)8-6-10(17)19-5/h7,9H,6,8H2,1-5H3. The zero-order chi connectivity index (χ0) is 14.6. The second-order valence-corrected chi connectivity index (χ2v) is 5.34. The van der Waals surface area contributed by atoms with Gasteiger partial charge in [0, 0.05) is 31.5 Å². The van der Waals surface area contributed by atoms with E-state index in [0.29, 0.717) is 12.4 Å². The first-order valence-electron chi connectivity index (χ1n) is 6.13. The molecule has 0 aromatic carbocycles. The van der Waals surface area contributed by atoms with Crippen molar-refractivity contribution in [2.24, 2.45) is 0 Å². The van der Waals surface area contributed by atoms with Crippen molar-refractivity contribution in [3.63, 3.8) is 0 Å². The number of carbonyl (C=O) groups is 1. The Morgan fingerprint density at radius 3 is 2.63 bits per heavy atom. The van der Waals surface area contributed by atoms with Crippen LogP contribution in [0.4, 0.5) is 5.82 Å². The average Bonchev–Trinajstić information content (AvgIpc) is 2.34. The Morgan fingerprint density at radius 1 is 1.47 bits per heavy atom. The summed E-state index contributed by atoms with van der Waals surface area (Å²) in [5, 5.41) is 0. The van der Waals surface area contributed by atoms with Crippen molar-refractivity contribution >= 4 is 11.8 Å². The second kappa shape index (κ2) is 5.86. The minimum atomic E-state index is -0.308. The lowest BCUT2D eigenvalue weighted by molar-refractivity contribution is -0.140. The maximum atomic E-state index is 12.3. The first kappa shape index (κ1) is 15.2. The molecule has 0 atom stereocenters. The smallest absolute Gasteiger partial charge is 0.307 e. The van der Waals surface area contributed by atoms with Crippen LogP contribution in [0.1, 0.15) is 27.2 Å². The van der Waals surface area contributed by atoms with Crippen LogP contribution >= 0.6 is 0 Å². The highest BCUT2D eigenvalue weighted by Gasteiger charge is 2.18. The zero-order valence-corrected chi connectivity index (χ0v) is 12.1. The summed E-state index contributed by atoms with van der Waals surface area (Å²) in [6.07, 6.45) is 3.48. The molecule has 0 radical (unpaired) electrons. The number of methoxy groups -OCH3 is 1. The number of anilines is 1. The summed E-state index contributed by atoms with van der Waals surface area (Å²) >= 11 is 0. The molecule has 1 rings (SSSR count). The van der Waals surface area contributed by atoms with Gasteiger partial charge in [0.05, 0.1) is 13.5 Å². The van der Waals surface area contributed by atoms with E-state index in [-0.39, 0.29) is 23.5 Å². The third kappa shape index (κ3) is 3.81. The molecule has 106 valence electrons. The minimum Gasteiger partial charge on any atom is -0.469 e. The largest absolute Gasteiger partial charge is 0.469 e. The number of hydrogen-bond donors (Lipinski definition) is 0. The van der Waals surface area contributed by atoms with Crippen LogP contribution in [0, 0.1) is 0 Å². The molecule has 0 saturated heterocycles. The van der Waals surface area contributed by atoms with Crippen molar-refractivity contribution in [3.8, 4) is 0 Å². The normalized spacial score (nSPS) is 11.2. The molecule has 0 saturated carbocycles. The van der Waals surface area contributed by atoms with Crippen LogP contribution in [0.15, 0.2) is 17.2 Å². The van der Waals surface area contributed by atoms with Gasteiger partial charge < -0.3 is 14.2 Å². The van der Waals surface area contributed by atoms with E-state index in [1.54, 1.807) is 28.9 Å². The third-order valence-corrected chi connectivity index (χ3v) is 2.79. The van der Waals surface area contributed by atoms with Gasteiger partial charge in [-0.25, -0.2) is 4.98 Å². The number of rotatable bonds is 4. The van der Waals surface area contributed by atoms with Crippen molar-refractivity contribution in [3.05, 3.63) is 22.7 Å². The van der Waals surface area contributed by atoms with Gasteiger partial charge in [-0.05, 0) is 20.8 Å². The summed E-state index contributed by atoms with van der Waals surface area (Å²) < 4.78 is 6.20. The van der Waals surface area contributed by atoms with E-state index < -0.39 is 0 Å². The summed E-state index contributed by atoms with van der Waals surface area (Å²) in [4.78, 5) is 29.2. The molecule has 0 aliphatic rings. The molecule has 19 heavy (non-hydrogen) atoms. The number of ether oxygens (including phenoxy) is 1. The van der Waals surface area contributed by atoms with Gasteiger partial charge in [0.1, 0.15) is 0 Å². The second-order valence-electron chi connectivity index (χ2n) is 5.34. The Bertz CT molecular complexity index is 503. The number of aromatic nitrogens is 2. The summed E-state index contributed by atoms with van der Waals surface area (Å²) in [6, 6.07) is 0. The SMILES string of the molecule is COC(=O)CCN(C)c1nccn(C(C)(C)C)c1=O. The van der Waals surface area contributed by atoms with Gasteiger partial charge >= 0.3 is 5.97 Å². The van der Waals surface area contributed by atoms with Crippen LogP contribution in [-0.2, 0) is 15.1 Å². The molecular formula is C13H21N3O3. The molecule has 0 N–H and O–H groups in total. The van der Waals surface area contributed by atoms with Crippen molar-refractivity contribution in [2.45, 2.75) is 32.7 Å². The molecule has 0 aliphatic carbocycles. The van der Waals surface area contributed by atoms with E-state index in [0.717, 1.165) is 0 Å². The fourth-order valence-corrected chi connectivity index (χ4v) is 1.66. The lowest BCUT2D eigenvalue weighted by Gasteiger charge is -2.24. The van der Waals surface area contributed by atoms with Gasteiger partial charge in [0.25, 0.3) is 5.56 Å². The summed E-state index contributed by atoms with van der Waals surface area (Å²) in [6.45, 7) is 6.24. The molecule has 1 aromatic rings. The van der Waals surface area contributed by atoms with E-state index in [1.165, 1.54) is 7.11 Å². The Kier molecular flexibility index (Phi) is 4.69. The summed E-state index contributed by atoms with van der Waals surface area (Å²) in [7, 11) is 3.08. The van der Waals surface area contributed by atoms with Crippen LogP contribution in [0.5, 0.6) is 0 Å². The highest BCUT2D eigenvalue weighted by atomic mass is 16.5. The van der Waals surface area contributed by atoms with Crippen molar-refractivity contribution in [2.75, 3.05) is 25.6 Å². The Hall–Kier alpha value is -1.85. The van der Waals surface area contributed by atoms with Crippen molar-refractivity contribution in [1.82, 2.24) is 9.55 Å². The fraction of sp³-hybridized carbons (Fsp3) is 0.615. The van der Waals surface area contributed by atoms with E-state index in [1.807, 2.05) is 20.8 Å². The minimum absolute atomic E-state index is 0.164. The molecular weight excluding hydrogens is 246 g/mol. The van der Waals surface area contributed by atoms with Crippen LogP contribution in [0.2, 0.25) is 0 Å². The van der Waals surface area contributed by atoms with Crippen LogP contribution in [-0.4, -0.2) is 36.2 Å². The first-order chi connectivity index (χ1) is 8.77. The number of esters is 1. The lowest BCUT2D eigenvalue weighted by atomic mass is 10.1. The molecule has 1 heterocycles. The fourth-order valence-electron chi connectivity index (χ4n) is 1.66. The predicted octanol–water partition coefficient (Wildman–Crippen LogP) is 0.998. The molecule has 0 bridgehead atoms. The zero-order valence-electron chi connectivity index (χ0n) is 12.1. The van der Waals surface area contributed by atoms with E-state index in [4.69, 9.17) is 0 Å². The predicted molar refractivity (Wildman–Crippen MR) is 73.4 cm³/mol. The van der Waals surface area contributed by atoms with Crippen molar-refractivity contribution in [1.29, 1.82) is 0 Å². The van der Waals surface area contributed by atoms with E-state index in [2.05, 4.69) is 9.72 Å². The maximum Gasteiger partial charge on any atom is 0.307 e. The Balaban J connectivity index is 2.96. The third-order valence-electron chi connectivity index (χ3n) is 2.79. The van der Waals surface area contributed by atoms with Crippen molar-refractivity contribution < 1.29 is 9.53 Å². The van der Waals surface area contributed by atoms with Gasteiger partial charge in [-0.2, -0.15) is 0 Å². The van der Waals surface area contributed by atoms with Gasteiger partial charge in [-0.3, -0.25) is 9.59 Å². The van der Waals surface area contributed by atoms with Crippen LogP contribution in [0.25, 0.3) is 0 Å². The van der Waals surface area contributed by atoms with Gasteiger partial charge in [0.15, 0.2) is 5.82 Å². The van der Waals surface area contributed by atoms with Gasteiger partial charge in [-0.15, -0.1) is 0 Å². The molecule has 0 unspecified atom stereocenters. The molecule has 0 amide bonds. The molecule has 6 heteroatoms. The lowest BCUT2D eigenvalue weighted by Crippen LogP contribution is -2.38. The Morgan fingerprint density at radius 2 is 2.11 bits per heavy atom. The Labute approximate surface area is 113 Å². The van der Waals surface area contributed by atoms with Crippen LogP contribution in [0.3, 0.4) is 0 Å². The average molecular weight is 267 g/mol. The number of nitrogens with zero attached hydrogens (tertiary/aromatic N) is 3. The van der Waals surface area contributed by atoms with E-state index in [9.17, 15) is 9.59 Å². The quantitative estimate of drug-likeness (QED) is 0.761. The first-order valence-corrected chi connectivity index (χ1v) is 6.13. The topological polar surface area (TPSA) is 64.4 Å². The van der Waals surface area contributed by atoms with Gasteiger partial charge in [-0.1, -0.05) is 0 Å². The summed E-state index contributed by atoms with van der Waals surface area (Å²) in [5.74, 6) is 0.0280. The molecule has 1 aromatic heterocycles. The van der Waals surface area contributed by atoms with Gasteiger partial charge in [0.2, 0.25) is 0 Å². The molecule has 0 aliphatic heterocycles. The monoisotopic (exact) mass is 267 g/mol. The molecule has 0 fully saturated rings. The van der Waals surface area contributed by atoms with E-state index >= 15 is 0 Å². The highest BCUT2D eigenvalue weighted by Crippen LogP contribution is 2.12. The summed E-state index contributed by atoms with van der Waals surface area (Å²) in [5.41, 5.74) is -0.472.